The highest BCUT2D eigenvalue weighted by Crippen LogP contribution is 2.29. The first kappa shape index (κ1) is 19.8. The molecule has 1 aromatic heterocycles. The second kappa shape index (κ2) is 9.86. The third-order valence-corrected chi connectivity index (χ3v) is 7.29. The predicted molar refractivity (Wildman–Crippen MR) is 109 cm³/mol. The third-order valence-electron chi connectivity index (χ3n) is 6.32. The molecule has 2 aliphatic rings. The summed E-state index contributed by atoms with van der Waals surface area (Å²) in [5, 5.41) is 8.82. The summed E-state index contributed by atoms with van der Waals surface area (Å²) in [4.78, 5) is 16.5. The average Bonchev–Trinajstić information content (AvgIpc) is 3.18. The van der Waals surface area contributed by atoms with Gasteiger partial charge in [0, 0.05) is 17.8 Å². The maximum Gasteiger partial charge on any atom is 0.220 e. The number of piperidine rings is 2. The lowest BCUT2D eigenvalue weighted by Crippen LogP contribution is -2.42. The van der Waals surface area contributed by atoms with Crippen LogP contribution in [0.4, 0.5) is 0 Å². The first-order valence-electron chi connectivity index (χ1n) is 10.4. The van der Waals surface area contributed by atoms with E-state index in [1.54, 1.807) is 0 Å². The zero-order valence-electron chi connectivity index (χ0n) is 16.4. The van der Waals surface area contributed by atoms with Gasteiger partial charge in [0.15, 0.2) is 0 Å². The molecule has 1 aromatic rings. The van der Waals surface area contributed by atoms with Gasteiger partial charge in [-0.2, -0.15) is 0 Å². The first-order valence-corrected chi connectivity index (χ1v) is 11.3. The number of hydrogen-bond donors (Lipinski definition) is 2. The average molecular weight is 378 g/mol. The first-order chi connectivity index (χ1) is 12.6. The monoisotopic (exact) mass is 377 g/mol. The topological polar surface area (TPSA) is 44.4 Å². The van der Waals surface area contributed by atoms with Crippen LogP contribution in [0.3, 0.4) is 0 Å². The van der Waals surface area contributed by atoms with Gasteiger partial charge in [-0.1, -0.05) is 19.9 Å². The Morgan fingerprint density at radius 3 is 2.69 bits per heavy atom. The standard InChI is InChI=1S/C21H35N3OS/c1-16-7-11-24(12-8-16)19(20-4-3-13-26-20)15-23-21(25)14-17(2)18-5-9-22-10-6-18/h3-4,13,16-19,22H,5-12,14-15H2,1-2H3,(H,23,25). The molecule has 2 fully saturated rings. The molecule has 2 saturated heterocycles. The third kappa shape index (κ3) is 5.54. The van der Waals surface area contributed by atoms with Crippen molar-refractivity contribution < 1.29 is 4.79 Å². The van der Waals surface area contributed by atoms with Crippen molar-refractivity contribution in [1.82, 2.24) is 15.5 Å². The van der Waals surface area contributed by atoms with E-state index in [0.717, 1.165) is 38.6 Å². The van der Waals surface area contributed by atoms with Crippen molar-refractivity contribution in [3.63, 3.8) is 0 Å². The summed E-state index contributed by atoms with van der Waals surface area (Å²) in [5.41, 5.74) is 0. The summed E-state index contributed by atoms with van der Waals surface area (Å²) in [6.45, 7) is 9.83. The Hall–Kier alpha value is -0.910. The molecule has 0 saturated carbocycles. The van der Waals surface area contributed by atoms with Gasteiger partial charge in [-0.05, 0) is 81.1 Å². The number of carbonyl (C=O) groups is 1. The number of rotatable bonds is 7. The minimum Gasteiger partial charge on any atom is -0.354 e. The lowest BCUT2D eigenvalue weighted by atomic mass is 9.84. The van der Waals surface area contributed by atoms with E-state index < -0.39 is 0 Å². The molecular formula is C21H35N3OS. The molecule has 0 bridgehead atoms. The summed E-state index contributed by atoms with van der Waals surface area (Å²) < 4.78 is 0. The highest BCUT2D eigenvalue weighted by Gasteiger charge is 2.27. The van der Waals surface area contributed by atoms with E-state index in [0.29, 0.717) is 24.3 Å². The zero-order chi connectivity index (χ0) is 18.4. The molecule has 3 rings (SSSR count). The Kier molecular flexibility index (Phi) is 7.52. The predicted octanol–water partition coefficient (Wildman–Crippen LogP) is 3.66. The van der Waals surface area contributed by atoms with Gasteiger partial charge in [0.1, 0.15) is 0 Å². The minimum atomic E-state index is 0.225. The molecule has 3 heterocycles. The van der Waals surface area contributed by atoms with Crippen LogP contribution in [0.1, 0.15) is 56.9 Å². The molecule has 1 amide bonds. The van der Waals surface area contributed by atoms with E-state index >= 15 is 0 Å². The van der Waals surface area contributed by atoms with Crippen molar-refractivity contribution >= 4 is 17.2 Å². The van der Waals surface area contributed by atoms with Crippen LogP contribution in [0.15, 0.2) is 17.5 Å². The zero-order valence-corrected chi connectivity index (χ0v) is 17.2. The van der Waals surface area contributed by atoms with Crippen molar-refractivity contribution in [3.05, 3.63) is 22.4 Å². The Morgan fingerprint density at radius 1 is 1.31 bits per heavy atom. The second-order valence-electron chi connectivity index (χ2n) is 8.32. The van der Waals surface area contributed by atoms with Crippen LogP contribution in [-0.4, -0.2) is 43.5 Å². The van der Waals surface area contributed by atoms with Crippen molar-refractivity contribution in [3.8, 4) is 0 Å². The highest BCUT2D eigenvalue weighted by molar-refractivity contribution is 7.10. The Morgan fingerprint density at radius 2 is 2.04 bits per heavy atom. The number of hydrogen-bond acceptors (Lipinski definition) is 4. The molecule has 2 N–H and O–H groups in total. The lowest BCUT2D eigenvalue weighted by molar-refractivity contribution is -0.122. The number of likely N-dealkylation sites (tertiary alicyclic amines) is 1. The second-order valence-corrected chi connectivity index (χ2v) is 9.30. The molecular weight excluding hydrogens is 342 g/mol. The summed E-state index contributed by atoms with van der Waals surface area (Å²) >= 11 is 1.81. The molecule has 0 aliphatic carbocycles. The quantitative estimate of drug-likeness (QED) is 0.762. The van der Waals surface area contributed by atoms with Gasteiger partial charge < -0.3 is 10.6 Å². The van der Waals surface area contributed by atoms with Crippen LogP contribution in [0.5, 0.6) is 0 Å². The molecule has 2 unspecified atom stereocenters. The van der Waals surface area contributed by atoms with Gasteiger partial charge in [0.25, 0.3) is 0 Å². The smallest absolute Gasteiger partial charge is 0.220 e. The van der Waals surface area contributed by atoms with Gasteiger partial charge in [0.2, 0.25) is 5.91 Å². The van der Waals surface area contributed by atoms with Crippen LogP contribution in [0.2, 0.25) is 0 Å². The summed E-state index contributed by atoms with van der Waals surface area (Å²) in [6.07, 6.45) is 5.61. The largest absolute Gasteiger partial charge is 0.354 e. The summed E-state index contributed by atoms with van der Waals surface area (Å²) in [7, 11) is 0. The molecule has 146 valence electrons. The molecule has 2 aliphatic heterocycles. The van der Waals surface area contributed by atoms with Gasteiger partial charge in [-0.15, -0.1) is 11.3 Å². The highest BCUT2D eigenvalue weighted by atomic mass is 32.1. The minimum absolute atomic E-state index is 0.225. The fraction of sp³-hybridized carbons (Fsp3) is 0.762. The van der Waals surface area contributed by atoms with Crippen molar-refractivity contribution in [1.29, 1.82) is 0 Å². The van der Waals surface area contributed by atoms with Crippen LogP contribution in [-0.2, 0) is 4.79 Å². The fourth-order valence-corrected chi connectivity index (χ4v) is 5.25. The SMILES string of the molecule is CC1CCN(C(CNC(=O)CC(C)C2CCNCC2)c2cccs2)CC1. The molecule has 5 heteroatoms. The summed E-state index contributed by atoms with van der Waals surface area (Å²) in [6, 6.07) is 4.68. The van der Waals surface area contributed by atoms with E-state index in [-0.39, 0.29) is 5.91 Å². The van der Waals surface area contributed by atoms with Gasteiger partial charge in [-0.25, -0.2) is 0 Å². The number of carbonyl (C=O) groups excluding carboxylic acids is 1. The molecule has 26 heavy (non-hydrogen) atoms. The normalized spacial score (nSPS) is 22.8. The fourth-order valence-electron chi connectivity index (χ4n) is 4.39. The lowest BCUT2D eigenvalue weighted by Gasteiger charge is -2.36. The van der Waals surface area contributed by atoms with Gasteiger partial charge in [-0.3, -0.25) is 9.69 Å². The maximum atomic E-state index is 12.6. The molecule has 0 radical (unpaired) electrons. The van der Waals surface area contributed by atoms with E-state index in [1.807, 2.05) is 11.3 Å². The number of thiophene rings is 1. The van der Waals surface area contributed by atoms with E-state index in [4.69, 9.17) is 0 Å². The number of amides is 1. The number of nitrogens with zero attached hydrogens (tertiary/aromatic N) is 1. The van der Waals surface area contributed by atoms with Crippen LogP contribution in [0, 0.1) is 17.8 Å². The molecule has 0 spiro atoms. The maximum absolute atomic E-state index is 12.6. The summed E-state index contributed by atoms with van der Waals surface area (Å²) in [5.74, 6) is 2.23. The van der Waals surface area contributed by atoms with Crippen LogP contribution < -0.4 is 10.6 Å². The molecule has 2 atom stereocenters. The van der Waals surface area contributed by atoms with Gasteiger partial charge >= 0.3 is 0 Å². The Labute approximate surface area is 162 Å². The molecule has 0 aromatic carbocycles. The van der Waals surface area contributed by atoms with Crippen LogP contribution in [0.25, 0.3) is 0 Å². The number of nitrogens with one attached hydrogen (secondary N) is 2. The van der Waals surface area contributed by atoms with Crippen LogP contribution >= 0.6 is 11.3 Å². The Bertz CT molecular complexity index is 533. The van der Waals surface area contributed by atoms with Crippen molar-refractivity contribution in [2.24, 2.45) is 17.8 Å². The molecule has 4 nitrogen and oxygen atoms in total. The van der Waals surface area contributed by atoms with Crippen molar-refractivity contribution in [2.45, 2.75) is 52.0 Å². The van der Waals surface area contributed by atoms with E-state index in [9.17, 15) is 4.79 Å². The van der Waals surface area contributed by atoms with E-state index in [1.165, 1.54) is 30.6 Å². The van der Waals surface area contributed by atoms with Crippen molar-refractivity contribution in [2.75, 3.05) is 32.7 Å². The van der Waals surface area contributed by atoms with Gasteiger partial charge in [0.05, 0.1) is 6.04 Å². The Balaban J connectivity index is 1.51. The van der Waals surface area contributed by atoms with E-state index in [2.05, 4.69) is 46.9 Å².